The van der Waals surface area contributed by atoms with Crippen molar-refractivity contribution in [3.05, 3.63) is 152 Å². The fourth-order valence-corrected chi connectivity index (χ4v) is 6.27. The van der Waals surface area contributed by atoms with Gasteiger partial charge in [-0.15, -0.1) is 0 Å². The van der Waals surface area contributed by atoms with Crippen LogP contribution in [0.15, 0.2) is 152 Å². The minimum absolute atomic E-state index is 0.828. The van der Waals surface area contributed by atoms with Crippen LogP contribution in [0, 0.1) is 0 Å². The molecule has 0 saturated carbocycles. The molecule has 2 aliphatic rings. The van der Waals surface area contributed by atoms with E-state index in [4.69, 9.17) is 9.47 Å². The van der Waals surface area contributed by atoms with Crippen molar-refractivity contribution < 1.29 is 9.47 Å². The second-order valence-corrected chi connectivity index (χ2v) is 10.7. The lowest BCUT2D eigenvalue weighted by Gasteiger charge is -2.33. The molecule has 0 amide bonds. The molecule has 5 heteroatoms. The van der Waals surface area contributed by atoms with E-state index < -0.39 is 0 Å². The lowest BCUT2D eigenvalue weighted by atomic mass is 10.1. The highest BCUT2D eigenvalue weighted by atomic mass is 16.5. The largest absolute Gasteiger partial charge is 0.453 e. The Labute approximate surface area is 249 Å². The fourth-order valence-electron chi connectivity index (χ4n) is 6.27. The van der Waals surface area contributed by atoms with Gasteiger partial charge in [-0.25, -0.2) is 0 Å². The molecule has 3 heterocycles. The number of para-hydroxylation sites is 9. The minimum atomic E-state index is 0.828. The lowest BCUT2D eigenvalue weighted by molar-refractivity contribution is 0.476. The standard InChI is InChI=1S/C38H25N3O2/c1-2-12-26(13-3-1)39-25-34(41-32-16-6-10-20-37(32)43-38-21-11-7-17-33(38)41)28-24-27(22-23-29(28)39)40-30-14-4-8-18-35(30)42-36-19-9-5-15-31(36)40/h1-25H. The average molecular weight is 556 g/mol. The first-order chi connectivity index (χ1) is 21.3. The highest BCUT2D eigenvalue weighted by Crippen LogP contribution is 2.54. The molecule has 5 nitrogen and oxygen atoms in total. The Morgan fingerprint density at radius 3 is 1.37 bits per heavy atom. The maximum Gasteiger partial charge on any atom is 0.151 e. The summed E-state index contributed by atoms with van der Waals surface area (Å²) in [4.78, 5) is 4.61. The number of rotatable bonds is 3. The summed E-state index contributed by atoms with van der Waals surface area (Å²) < 4.78 is 14.9. The molecule has 0 bridgehead atoms. The topological polar surface area (TPSA) is 29.9 Å². The summed E-state index contributed by atoms with van der Waals surface area (Å²) in [5.41, 5.74) is 8.35. The zero-order valence-corrected chi connectivity index (χ0v) is 23.1. The zero-order chi connectivity index (χ0) is 28.3. The highest BCUT2D eigenvalue weighted by Gasteiger charge is 2.30. The van der Waals surface area contributed by atoms with Crippen LogP contribution >= 0.6 is 0 Å². The van der Waals surface area contributed by atoms with Gasteiger partial charge in [0.05, 0.1) is 34.0 Å². The molecule has 0 fully saturated rings. The van der Waals surface area contributed by atoms with E-state index in [0.29, 0.717) is 0 Å². The van der Waals surface area contributed by atoms with Crippen LogP contribution in [0.3, 0.4) is 0 Å². The van der Waals surface area contributed by atoms with E-state index in [1.807, 2.05) is 48.5 Å². The summed E-state index contributed by atoms with van der Waals surface area (Å²) in [7, 11) is 0. The van der Waals surface area contributed by atoms with E-state index >= 15 is 0 Å². The second kappa shape index (κ2) is 9.29. The number of ether oxygens (including phenoxy) is 2. The smallest absolute Gasteiger partial charge is 0.151 e. The van der Waals surface area contributed by atoms with Gasteiger partial charge in [-0.2, -0.15) is 0 Å². The number of hydrogen-bond donors (Lipinski definition) is 0. The van der Waals surface area contributed by atoms with Gasteiger partial charge in [0.1, 0.15) is 0 Å². The predicted octanol–water partition coefficient (Wildman–Crippen LogP) is 10.8. The van der Waals surface area contributed by atoms with Crippen molar-refractivity contribution in [2.24, 2.45) is 0 Å². The summed E-state index contributed by atoms with van der Waals surface area (Å²) in [6.45, 7) is 0. The van der Waals surface area contributed by atoms with Crippen LogP contribution < -0.4 is 19.3 Å². The van der Waals surface area contributed by atoms with Crippen LogP contribution in [0.1, 0.15) is 0 Å². The highest BCUT2D eigenvalue weighted by molar-refractivity contribution is 6.04. The monoisotopic (exact) mass is 555 g/mol. The first-order valence-corrected chi connectivity index (χ1v) is 14.4. The van der Waals surface area contributed by atoms with Crippen LogP contribution in [-0.2, 0) is 0 Å². The third-order valence-electron chi connectivity index (χ3n) is 8.16. The van der Waals surface area contributed by atoms with Gasteiger partial charge in [-0.3, -0.25) is 0 Å². The molecular weight excluding hydrogens is 530 g/mol. The molecule has 9 rings (SSSR count). The number of nitrogens with zero attached hydrogens (tertiary/aromatic N) is 3. The van der Waals surface area contributed by atoms with Crippen LogP contribution in [0.2, 0.25) is 0 Å². The molecule has 2 aliphatic heterocycles. The molecule has 0 N–H and O–H groups in total. The Hall–Kier alpha value is -5.94. The van der Waals surface area contributed by atoms with Gasteiger partial charge in [-0.05, 0) is 78.9 Å². The third-order valence-corrected chi connectivity index (χ3v) is 8.16. The SMILES string of the molecule is c1ccc(-n2cc(N3c4ccccc4Oc4ccccc43)c3cc(N4c5ccccc5Oc5ccccc54)ccc32)cc1. The van der Waals surface area contributed by atoms with Crippen LogP contribution in [-0.4, -0.2) is 4.57 Å². The Balaban J connectivity index is 1.33. The fraction of sp³-hybridized carbons (Fsp3) is 0. The Kier molecular flexibility index (Phi) is 5.13. The van der Waals surface area contributed by atoms with Gasteiger partial charge in [0.2, 0.25) is 0 Å². The third kappa shape index (κ3) is 3.65. The number of aromatic nitrogens is 1. The summed E-state index contributed by atoms with van der Waals surface area (Å²) >= 11 is 0. The van der Waals surface area contributed by atoms with Crippen LogP contribution in [0.4, 0.5) is 34.1 Å². The lowest BCUT2D eigenvalue weighted by Crippen LogP contribution is -2.16. The minimum Gasteiger partial charge on any atom is -0.453 e. The average Bonchev–Trinajstić information content (AvgIpc) is 3.45. The number of fused-ring (bicyclic) bond motifs is 5. The number of hydrogen-bond acceptors (Lipinski definition) is 4. The zero-order valence-electron chi connectivity index (χ0n) is 23.1. The van der Waals surface area contributed by atoms with Gasteiger partial charge in [0.15, 0.2) is 23.0 Å². The van der Waals surface area contributed by atoms with Gasteiger partial charge < -0.3 is 23.8 Å². The molecule has 0 spiro atoms. The van der Waals surface area contributed by atoms with Crippen molar-refractivity contribution >= 4 is 45.0 Å². The second-order valence-electron chi connectivity index (χ2n) is 10.7. The van der Waals surface area contributed by atoms with E-state index in [2.05, 4.69) is 118 Å². The molecular formula is C38H25N3O2. The van der Waals surface area contributed by atoms with E-state index in [9.17, 15) is 0 Å². The van der Waals surface area contributed by atoms with Crippen LogP contribution in [0.5, 0.6) is 23.0 Å². The van der Waals surface area contributed by atoms with E-state index in [-0.39, 0.29) is 0 Å². The Bertz CT molecular complexity index is 2080. The van der Waals surface area contributed by atoms with Gasteiger partial charge in [-0.1, -0.05) is 66.7 Å². The quantitative estimate of drug-likeness (QED) is 0.217. The van der Waals surface area contributed by atoms with Crippen molar-refractivity contribution in [2.75, 3.05) is 9.80 Å². The summed E-state index contributed by atoms with van der Waals surface area (Å²) in [6, 6.07) is 50.1. The van der Waals surface area contributed by atoms with Crippen molar-refractivity contribution in [2.45, 2.75) is 0 Å². The molecule has 0 unspecified atom stereocenters. The molecule has 0 aliphatic carbocycles. The van der Waals surface area contributed by atoms with Gasteiger partial charge in [0.25, 0.3) is 0 Å². The van der Waals surface area contributed by atoms with E-state index in [1.165, 1.54) is 0 Å². The molecule has 7 aromatic rings. The van der Waals surface area contributed by atoms with Gasteiger partial charge >= 0.3 is 0 Å². The Morgan fingerprint density at radius 2 is 0.837 bits per heavy atom. The Morgan fingerprint density at radius 1 is 0.372 bits per heavy atom. The molecule has 0 radical (unpaired) electrons. The molecule has 204 valence electrons. The summed E-state index contributed by atoms with van der Waals surface area (Å²) in [5.74, 6) is 3.32. The number of anilines is 6. The molecule has 6 aromatic carbocycles. The number of benzene rings is 6. The normalized spacial score (nSPS) is 12.9. The van der Waals surface area contributed by atoms with Crippen molar-refractivity contribution in [3.63, 3.8) is 0 Å². The maximum atomic E-state index is 6.36. The van der Waals surface area contributed by atoms with Crippen molar-refractivity contribution in [3.8, 4) is 28.7 Å². The summed E-state index contributed by atoms with van der Waals surface area (Å²) in [6.07, 6.45) is 2.24. The van der Waals surface area contributed by atoms with E-state index in [1.54, 1.807) is 0 Å². The van der Waals surface area contributed by atoms with Gasteiger partial charge in [0, 0.05) is 23.0 Å². The van der Waals surface area contributed by atoms with E-state index in [0.717, 1.165) is 73.7 Å². The molecule has 1 aromatic heterocycles. The molecule has 43 heavy (non-hydrogen) atoms. The predicted molar refractivity (Wildman–Crippen MR) is 173 cm³/mol. The van der Waals surface area contributed by atoms with Crippen molar-refractivity contribution in [1.29, 1.82) is 0 Å². The maximum absolute atomic E-state index is 6.36. The van der Waals surface area contributed by atoms with Crippen LogP contribution in [0.25, 0.3) is 16.6 Å². The van der Waals surface area contributed by atoms with Crippen molar-refractivity contribution in [1.82, 2.24) is 4.57 Å². The molecule has 0 atom stereocenters. The first-order valence-electron chi connectivity index (χ1n) is 14.4. The molecule has 0 saturated heterocycles. The first kappa shape index (κ1) is 23.7. The summed E-state index contributed by atoms with van der Waals surface area (Å²) in [5, 5.41) is 1.12.